The predicted octanol–water partition coefficient (Wildman–Crippen LogP) is 6.23. The van der Waals surface area contributed by atoms with Crippen LogP contribution in [-0.4, -0.2) is 28.1 Å². The van der Waals surface area contributed by atoms with Crippen LogP contribution in [-0.2, 0) is 10.2 Å². The zero-order chi connectivity index (χ0) is 24.7. The summed E-state index contributed by atoms with van der Waals surface area (Å²) in [7, 11) is 1.77. The van der Waals surface area contributed by atoms with Crippen LogP contribution in [0.1, 0.15) is 26.3 Å². The maximum atomic E-state index is 11.7. The van der Waals surface area contributed by atoms with Gasteiger partial charge in [-0.25, -0.2) is 0 Å². The number of hydrogen-bond donors (Lipinski definition) is 1. The van der Waals surface area contributed by atoms with E-state index < -0.39 is 5.41 Å². The zero-order valence-corrected chi connectivity index (χ0v) is 20.1. The van der Waals surface area contributed by atoms with Crippen molar-refractivity contribution >= 4 is 33.4 Å². The Morgan fingerprint density at radius 1 is 0.971 bits per heavy atom. The van der Waals surface area contributed by atoms with Crippen LogP contribution >= 0.6 is 0 Å². The lowest BCUT2D eigenvalue weighted by molar-refractivity contribution is -0.116. The fourth-order valence-electron chi connectivity index (χ4n) is 4.26. The smallest absolute Gasteiger partial charge is 0.223 e. The predicted molar refractivity (Wildman–Crippen MR) is 140 cm³/mol. The highest BCUT2D eigenvalue weighted by molar-refractivity contribution is 6.11. The number of carbonyl (C=O) groups is 1. The van der Waals surface area contributed by atoms with Gasteiger partial charge in [-0.2, -0.15) is 10.4 Å². The van der Waals surface area contributed by atoms with Crippen LogP contribution in [0.2, 0.25) is 0 Å². The highest BCUT2D eigenvalue weighted by Gasteiger charge is 2.20. The van der Waals surface area contributed by atoms with Crippen molar-refractivity contribution in [2.75, 3.05) is 11.9 Å². The molecule has 3 aromatic carbocycles. The van der Waals surface area contributed by atoms with Gasteiger partial charge in [0.2, 0.25) is 5.91 Å². The zero-order valence-electron chi connectivity index (χ0n) is 20.1. The van der Waals surface area contributed by atoms with Crippen molar-refractivity contribution in [3.8, 4) is 28.5 Å². The van der Waals surface area contributed by atoms with Crippen LogP contribution < -0.4 is 4.90 Å². The number of anilines is 1. The molecule has 2 aromatic heterocycles. The Morgan fingerprint density at radius 2 is 1.63 bits per heavy atom. The topological polar surface area (TPSA) is 85.7 Å². The Balaban J connectivity index is 1.61. The van der Waals surface area contributed by atoms with E-state index in [1.165, 1.54) is 0 Å². The summed E-state index contributed by atoms with van der Waals surface area (Å²) in [4.78, 5) is 17.9. The molecule has 0 fully saturated rings. The molecule has 0 aliphatic carbocycles. The van der Waals surface area contributed by atoms with Gasteiger partial charge in [-0.05, 0) is 54.8 Å². The standard InChI is InChI=1S/C29H25N5O/c1-18(35)34(4)23-12-7-19(8-13-23)21-9-14-25-24(15-21)27-26(16-31-25)32-33-28(27)20-5-10-22(11-6-20)29(2,3)17-30/h5-16H,1-4H3,(H,32,33). The Labute approximate surface area is 203 Å². The molecule has 0 bridgehead atoms. The van der Waals surface area contributed by atoms with E-state index in [-0.39, 0.29) is 5.91 Å². The van der Waals surface area contributed by atoms with Gasteiger partial charge in [-0.1, -0.05) is 42.5 Å². The van der Waals surface area contributed by atoms with Crippen LogP contribution in [0.25, 0.3) is 44.2 Å². The van der Waals surface area contributed by atoms with E-state index in [4.69, 9.17) is 0 Å². The molecule has 0 spiro atoms. The molecule has 5 aromatic rings. The monoisotopic (exact) mass is 459 g/mol. The minimum Gasteiger partial charge on any atom is -0.316 e. The van der Waals surface area contributed by atoms with Crippen LogP contribution in [0.5, 0.6) is 0 Å². The quantitative estimate of drug-likeness (QED) is 0.345. The fourth-order valence-corrected chi connectivity index (χ4v) is 4.26. The molecule has 0 saturated heterocycles. The van der Waals surface area contributed by atoms with E-state index in [2.05, 4.69) is 33.4 Å². The largest absolute Gasteiger partial charge is 0.316 e. The van der Waals surface area contributed by atoms with Crippen molar-refractivity contribution in [2.45, 2.75) is 26.2 Å². The summed E-state index contributed by atoms with van der Waals surface area (Å²) in [5, 5.41) is 19.2. The highest BCUT2D eigenvalue weighted by Crippen LogP contribution is 2.35. The molecule has 0 unspecified atom stereocenters. The van der Waals surface area contributed by atoms with Gasteiger partial charge in [0.05, 0.1) is 28.7 Å². The molecule has 1 amide bonds. The Hall–Kier alpha value is -4.50. The van der Waals surface area contributed by atoms with Gasteiger partial charge < -0.3 is 4.90 Å². The van der Waals surface area contributed by atoms with Crippen molar-refractivity contribution in [3.05, 3.63) is 78.5 Å². The number of hydrogen-bond acceptors (Lipinski definition) is 4. The van der Waals surface area contributed by atoms with Gasteiger partial charge in [0.1, 0.15) is 5.69 Å². The molecule has 0 aliphatic heterocycles. The summed E-state index contributed by atoms with van der Waals surface area (Å²) in [6.45, 7) is 5.38. The van der Waals surface area contributed by atoms with Crippen LogP contribution in [0.15, 0.2) is 72.9 Å². The molecule has 0 aliphatic rings. The summed E-state index contributed by atoms with van der Waals surface area (Å²) in [5.74, 6) is -0.00590. The maximum Gasteiger partial charge on any atom is 0.223 e. The average molecular weight is 460 g/mol. The van der Waals surface area contributed by atoms with Crippen molar-refractivity contribution < 1.29 is 4.79 Å². The van der Waals surface area contributed by atoms with Gasteiger partial charge >= 0.3 is 0 Å². The number of carbonyl (C=O) groups excluding carboxylic acids is 1. The van der Waals surface area contributed by atoms with Crippen molar-refractivity contribution in [1.29, 1.82) is 5.26 Å². The minimum atomic E-state index is -0.549. The van der Waals surface area contributed by atoms with Gasteiger partial charge in [0, 0.05) is 36.0 Å². The average Bonchev–Trinajstić information content (AvgIpc) is 3.33. The van der Waals surface area contributed by atoms with Crippen molar-refractivity contribution in [1.82, 2.24) is 15.2 Å². The number of amides is 1. The van der Waals surface area contributed by atoms with Gasteiger partial charge in [0.25, 0.3) is 0 Å². The molecule has 5 rings (SSSR count). The lowest BCUT2D eigenvalue weighted by Crippen LogP contribution is -2.22. The van der Waals surface area contributed by atoms with E-state index in [1.807, 2.05) is 74.6 Å². The number of benzene rings is 3. The first-order chi connectivity index (χ1) is 16.8. The number of nitrogens with one attached hydrogen (secondary N) is 1. The SMILES string of the molecule is CC(=O)N(C)c1ccc(-c2ccc3ncc4[nH]nc(-c5ccc(C(C)(C)C#N)cc5)c4c3c2)cc1. The first-order valence-corrected chi connectivity index (χ1v) is 11.4. The number of pyridine rings is 1. The van der Waals surface area contributed by atoms with Gasteiger partial charge in [-0.15, -0.1) is 0 Å². The molecule has 6 nitrogen and oxygen atoms in total. The van der Waals surface area contributed by atoms with E-state index in [0.717, 1.165) is 55.4 Å². The number of fused-ring (bicyclic) bond motifs is 3. The fraction of sp³-hybridized carbons (Fsp3) is 0.172. The first-order valence-electron chi connectivity index (χ1n) is 11.4. The highest BCUT2D eigenvalue weighted by atomic mass is 16.2. The second-order valence-electron chi connectivity index (χ2n) is 9.29. The van der Waals surface area contributed by atoms with E-state index in [1.54, 1.807) is 18.9 Å². The summed E-state index contributed by atoms with van der Waals surface area (Å²) < 4.78 is 0. The molecule has 2 heterocycles. The van der Waals surface area contributed by atoms with Crippen LogP contribution in [0.4, 0.5) is 5.69 Å². The number of aromatic nitrogens is 3. The maximum absolute atomic E-state index is 11.7. The van der Waals surface area contributed by atoms with Crippen LogP contribution in [0.3, 0.4) is 0 Å². The first kappa shape index (κ1) is 22.3. The summed E-state index contributed by atoms with van der Waals surface area (Å²) in [6.07, 6.45) is 1.81. The number of nitrogens with zero attached hydrogens (tertiary/aromatic N) is 4. The number of nitriles is 1. The Kier molecular flexibility index (Phi) is 5.33. The number of rotatable bonds is 4. The van der Waals surface area contributed by atoms with Crippen molar-refractivity contribution in [3.63, 3.8) is 0 Å². The number of H-pyrrole nitrogens is 1. The molecule has 0 radical (unpaired) electrons. The molecule has 0 atom stereocenters. The third-order valence-corrected chi connectivity index (χ3v) is 6.61. The number of aromatic amines is 1. The molecule has 0 saturated carbocycles. The van der Waals surface area contributed by atoms with E-state index in [0.29, 0.717) is 0 Å². The lowest BCUT2D eigenvalue weighted by atomic mass is 9.86. The molecule has 1 N–H and O–H groups in total. The second-order valence-corrected chi connectivity index (χ2v) is 9.29. The summed E-state index contributed by atoms with van der Waals surface area (Å²) in [5.41, 5.74) is 6.96. The molecule has 172 valence electrons. The Morgan fingerprint density at radius 3 is 2.29 bits per heavy atom. The Bertz CT molecular complexity index is 1610. The lowest BCUT2D eigenvalue weighted by Gasteiger charge is -2.16. The second kappa shape index (κ2) is 8.37. The summed E-state index contributed by atoms with van der Waals surface area (Å²) in [6, 6.07) is 24.5. The third-order valence-electron chi connectivity index (χ3n) is 6.61. The molecular formula is C29H25N5O. The third kappa shape index (κ3) is 3.91. The molecular weight excluding hydrogens is 434 g/mol. The summed E-state index contributed by atoms with van der Waals surface area (Å²) >= 11 is 0. The normalized spacial score (nSPS) is 11.5. The minimum absolute atomic E-state index is 0.00590. The van der Waals surface area contributed by atoms with Gasteiger partial charge in [-0.3, -0.25) is 14.9 Å². The van der Waals surface area contributed by atoms with Crippen LogP contribution in [0, 0.1) is 11.3 Å². The molecule has 35 heavy (non-hydrogen) atoms. The van der Waals surface area contributed by atoms with E-state index in [9.17, 15) is 10.1 Å². The van der Waals surface area contributed by atoms with E-state index >= 15 is 0 Å². The van der Waals surface area contributed by atoms with Crippen molar-refractivity contribution in [2.24, 2.45) is 0 Å². The molecule has 6 heteroatoms. The van der Waals surface area contributed by atoms with Gasteiger partial charge in [0.15, 0.2) is 0 Å².